The van der Waals surface area contributed by atoms with Crippen LogP contribution < -0.4 is 29.6 Å². The van der Waals surface area contributed by atoms with Crippen LogP contribution in [0.15, 0.2) is 36.9 Å². The topological polar surface area (TPSA) is 192 Å². The number of hydrogen-bond acceptors (Lipinski definition) is 11. The Balaban J connectivity index is 1.17. The summed E-state index contributed by atoms with van der Waals surface area (Å²) >= 11 is 0. The normalized spacial score (nSPS) is 30.6. The van der Waals surface area contributed by atoms with Crippen molar-refractivity contribution in [3.8, 4) is 17.4 Å². The van der Waals surface area contributed by atoms with Crippen molar-refractivity contribution >= 4 is 50.8 Å². The molecule has 58 heavy (non-hydrogen) atoms. The Kier molecular flexibility index (Phi) is 11.1. The predicted octanol–water partition coefficient (Wildman–Crippen LogP) is 4.53. The molecule has 7 atom stereocenters. The van der Waals surface area contributed by atoms with Crippen molar-refractivity contribution in [3.63, 3.8) is 0 Å². The fourth-order valence-corrected chi connectivity index (χ4v) is 10.7. The van der Waals surface area contributed by atoms with E-state index >= 15 is 0 Å². The van der Waals surface area contributed by atoms with E-state index in [0.29, 0.717) is 73.4 Å². The minimum Gasteiger partial charge on any atom is -0.496 e. The predicted molar refractivity (Wildman–Crippen MR) is 213 cm³/mol. The third-order valence-corrected chi connectivity index (χ3v) is 14.6. The number of aromatic nitrogens is 1. The molecular weight excluding hydrogens is 767 g/mol. The molecule has 4 saturated carbocycles. The van der Waals surface area contributed by atoms with Crippen molar-refractivity contribution in [2.24, 2.45) is 17.8 Å². The molecule has 15 nitrogen and oxygen atoms in total. The van der Waals surface area contributed by atoms with Crippen molar-refractivity contribution in [2.75, 3.05) is 20.3 Å². The molecule has 4 bridgehead atoms. The smallest absolute Gasteiger partial charge is 0.408 e. The van der Waals surface area contributed by atoms with Gasteiger partial charge in [0.25, 0.3) is 5.91 Å². The van der Waals surface area contributed by atoms with Crippen molar-refractivity contribution in [2.45, 2.75) is 119 Å². The van der Waals surface area contributed by atoms with E-state index < -0.39 is 68.7 Å². The first-order chi connectivity index (χ1) is 27.9. The minimum absolute atomic E-state index is 0.0155. The highest BCUT2D eigenvalue weighted by Gasteiger charge is 2.62. The van der Waals surface area contributed by atoms with Gasteiger partial charge in [0.05, 0.1) is 31.0 Å². The fourth-order valence-electron chi connectivity index (χ4n) is 9.36. The molecular formula is C42H53N5O10S. The SMILES string of the molecule is C=C[C@@H]1C[C@]1(NC(=O)[C@@H]1C[C@@H]2CN1C(=O)[C@H](C1CCCC1)NC(=O)O[C@H]1CCC[C@H]1C/C=C/c1cc3c(cc(OCC)nc3cc1OC)O2)C(=O)NS(=O)(=O)C1CC1. The van der Waals surface area contributed by atoms with E-state index in [-0.39, 0.29) is 37.3 Å². The van der Waals surface area contributed by atoms with Crippen LogP contribution in [0.4, 0.5) is 4.79 Å². The van der Waals surface area contributed by atoms with E-state index in [0.717, 1.165) is 31.2 Å². The number of benzene rings is 1. The molecule has 0 unspecified atom stereocenters. The first-order valence-electron chi connectivity index (χ1n) is 20.7. The summed E-state index contributed by atoms with van der Waals surface area (Å²) in [6.07, 6.45) is 11.3. The van der Waals surface area contributed by atoms with Crippen LogP contribution >= 0.6 is 0 Å². The van der Waals surface area contributed by atoms with E-state index in [2.05, 4.69) is 28.0 Å². The summed E-state index contributed by atoms with van der Waals surface area (Å²) in [7, 11) is -2.32. The number of fused-ring (bicyclic) bond motifs is 4. The van der Waals surface area contributed by atoms with Crippen LogP contribution in [0, 0.1) is 17.8 Å². The zero-order chi connectivity index (χ0) is 40.8. The number of nitrogens with zero attached hydrogens (tertiary/aromatic N) is 2. The molecule has 4 amide bonds. The number of pyridine rings is 1. The number of methoxy groups -OCH3 is 1. The Morgan fingerprint density at radius 3 is 2.55 bits per heavy atom. The highest BCUT2D eigenvalue weighted by molar-refractivity contribution is 7.91. The number of nitrogens with one attached hydrogen (secondary N) is 3. The van der Waals surface area contributed by atoms with Crippen molar-refractivity contribution in [1.29, 1.82) is 0 Å². The quantitative estimate of drug-likeness (QED) is 0.286. The number of amides is 4. The van der Waals surface area contributed by atoms with Crippen LogP contribution in [0.1, 0.15) is 89.5 Å². The molecule has 1 aromatic heterocycles. The fraction of sp³-hybridized carbons (Fsp3) is 0.595. The van der Waals surface area contributed by atoms with Gasteiger partial charge >= 0.3 is 6.09 Å². The molecule has 5 fully saturated rings. The third kappa shape index (κ3) is 7.95. The van der Waals surface area contributed by atoms with Gasteiger partial charge in [-0.25, -0.2) is 18.2 Å². The van der Waals surface area contributed by atoms with Gasteiger partial charge in [0.15, 0.2) is 0 Å². The number of rotatable bonds is 10. The van der Waals surface area contributed by atoms with Crippen molar-refractivity contribution in [1.82, 2.24) is 25.2 Å². The lowest BCUT2D eigenvalue weighted by Gasteiger charge is -2.32. The van der Waals surface area contributed by atoms with Gasteiger partial charge in [0.2, 0.25) is 27.7 Å². The van der Waals surface area contributed by atoms with E-state index in [1.807, 2.05) is 25.1 Å². The summed E-state index contributed by atoms with van der Waals surface area (Å²) in [6.45, 7) is 6.00. The molecule has 16 heteroatoms. The van der Waals surface area contributed by atoms with Gasteiger partial charge in [-0.05, 0) is 82.6 Å². The first kappa shape index (κ1) is 39.9. The summed E-state index contributed by atoms with van der Waals surface area (Å²) in [5.41, 5.74) is -0.202. The van der Waals surface area contributed by atoms with Crippen LogP contribution in [-0.2, 0) is 29.1 Å². The van der Waals surface area contributed by atoms with Gasteiger partial charge in [-0.3, -0.25) is 19.1 Å². The van der Waals surface area contributed by atoms with E-state index in [4.69, 9.17) is 23.9 Å². The number of hydrogen-bond donors (Lipinski definition) is 3. The number of ether oxygens (including phenoxy) is 4. The summed E-state index contributed by atoms with van der Waals surface area (Å²) in [5, 5.41) is 5.82. The lowest BCUT2D eigenvalue weighted by atomic mass is 9.96. The largest absolute Gasteiger partial charge is 0.496 e. The Bertz CT molecular complexity index is 2120. The lowest BCUT2D eigenvalue weighted by molar-refractivity contribution is -0.142. The van der Waals surface area contributed by atoms with Crippen LogP contribution in [0.3, 0.4) is 0 Å². The third-order valence-electron chi connectivity index (χ3n) is 12.8. The molecule has 6 aliphatic rings. The Labute approximate surface area is 338 Å². The van der Waals surface area contributed by atoms with Crippen LogP contribution in [0.25, 0.3) is 17.0 Å². The van der Waals surface area contributed by atoms with Crippen LogP contribution in [0.2, 0.25) is 0 Å². The molecule has 4 aliphatic carbocycles. The minimum atomic E-state index is -3.91. The average molecular weight is 820 g/mol. The molecule has 3 N–H and O–H groups in total. The standard InChI is InChI=1S/C42H53N5O10S/c1-4-27-22-42(27,40(50)46-58(52,53)29-16-17-29)45-38(48)32-19-28-23-47(32)39(49)37(25-10-6-7-11-25)44-41(51)57-33-15-9-13-24(33)12-8-14-26-18-30-31(20-34(26)54-3)43-36(55-5-2)21-35(30)56-28/h4,8,14,18,20-21,24-25,27-29,32-33,37H,1,5-7,9-13,15-17,19,22-23H2,2-3H3,(H,44,51)(H,45,48)(H,46,50)/b14-8+/t24-,27-,28-,32+,33+,37+,42-/m1/s1. The molecule has 3 heterocycles. The molecule has 2 aliphatic heterocycles. The number of carbonyl (C=O) groups excluding carboxylic acids is 4. The zero-order valence-corrected chi connectivity index (χ0v) is 33.9. The molecule has 0 spiro atoms. The van der Waals surface area contributed by atoms with Gasteiger partial charge in [0, 0.05) is 35.4 Å². The Hall–Kier alpha value is -4.86. The number of alkyl carbamates (subject to hydrolysis) is 1. The van der Waals surface area contributed by atoms with Crippen molar-refractivity contribution < 1.29 is 46.5 Å². The maximum absolute atomic E-state index is 14.9. The van der Waals surface area contributed by atoms with Gasteiger partial charge < -0.3 is 34.5 Å². The van der Waals surface area contributed by atoms with Crippen molar-refractivity contribution in [3.05, 3.63) is 42.5 Å². The summed E-state index contributed by atoms with van der Waals surface area (Å²) in [4.78, 5) is 63.0. The van der Waals surface area contributed by atoms with E-state index in [1.54, 1.807) is 13.2 Å². The van der Waals surface area contributed by atoms with Gasteiger partial charge in [0.1, 0.15) is 41.3 Å². The van der Waals surface area contributed by atoms with E-state index in [9.17, 15) is 27.6 Å². The number of allylic oxidation sites excluding steroid dienone is 1. The average Bonchev–Trinajstić information content (AvgIpc) is 3.99. The first-order valence-corrected chi connectivity index (χ1v) is 22.2. The molecule has 8 rings (SSSR count). The van der Waals surface area contributed by atoms with Gasteiger partial charge in [-0.15, -0.1) is 6.58 Å². The van der Waals surface area contributed by atoms with Gasteiger partial charge in [-0.1, -0.05) is 31.1 Å². The molecule has 2 aromatic rings. The van der Waals surface area contributed by atoms with Gasteiger partial charge in [-0.2, -0.15) is 0 Å². The second-order valence-electron chi connectivity index (χ2n) is 16.6. The number of sulfonamides is 1. The van der Waals surface area contributed by atoms with E-state index in [1.165, 1.54) is 11.0 Å². The van der Waals surface area contributed by atoms with Crippen LogP contribution in [0.5, 0.6) is 17.4 Å². The molecule has 312 valence electrons. The zero-order valence-electron chi connectivity index (χ0n) is 33.1. The summed E-state index contributed by atoms with van der Waals surface area (Å²) < 4.78 is 52.2. The number of carbonyl (C=O) groups is 4. The molecule has 1 aromatic carbocycles. The molecule has 0 radical (unpaired) electrons. The second kappa shape index (κ2) is 16.1. The maximum atomic E-state index is 14.9. The summed E-state index contributed by atoms with van der Waals surface area (Å²) in [6, 6.07) is 3.35. The molecule has 1 saturated heterocycles. The van der Waals surface area contributed by atoms with Crippen LogP contribution in [-0.4, -0.2) is 97.5 Å². The highest BCUT2D eigenvalue weighted by atomic mass is 32.2. The summed E-state index contributed by atoms with van der Waals surface area (Å²) in [5.74, 6) is -1.18. The monoisotopic (exact) mass is 819 g/mol. The highest BCUT2D eigenvalue weighted by Crippen LogP contribution is 2.46. The Morgan fingerprint density at radius 1 is 1.07 bits per heavy atom. The Morgan fingerprint density at radius 2 is 1.84 bits per heavy atom. The second-order valence-corrected chi connectivity index (χ2v) is 18.6. The maximum Gasteiger partial charge on any atom is 0.408 e. The lowest BCUT2D eigenvalue weighted by Crippen LogP contribution is -2.59.